The smallest absolute Gasteiger partial charge is 0.0795 e. The van der Waals surface area contributed by atoms with Crippen LogP contribution in [0.25, 0.3) is 0 Å². The van der Waals surface area contributed by atoms with Gasteiger partial charge in [0, 0.05) is 17.5 Å². The molecule has 0 amide bonds. The molecule has 0 aromatic carbocycles. The van der Waals surface area contributed by atoms with Gasteiger partial charge in [-0.05, 0) is 0 Å². The minimum atomic E-state index is 0.727. The Labute approximate surface area is 78.0 Å². The van der Waals surface area contributed by atoms with Gasteiger partial charge in [0.25, 0.3) is 0 Å². The summed E-state index contributed by atoms with van der Waals surface area (Å²) >= 11 is 4.28. The van der Waals surface area contributed by atoms with E-state index in [2.05, 4.69) is 30.9 Å². The number of rotatable bonds is 4. The molecule has 0 fully saturated rings. The normalized spacial score (nSPS) is 9.75. The molecule has 0 saturated carbocycles. The van der Waals surface area contributed by atoms with E-state index in [0.29, 0.717) is 0 Å². The molecule has 12 heavy (non-hydrogen) atoms. The maximum Gasteiger partial charge on any atom is 0.0795 e. The molecule has 1 rings (SSSR count). The summed E-state index contributed by atoms with van der Waals surface area (Å²) in [5.74, 6) is 0. The standard InChI is InChI=1S/C9H12N2S/c1-3-5-8-9(12)7-11(10-8)6-4-2/h3-4,7,12H,1-2,5-6H2. The zero-order valence-electron chi connectivity index (χ0n) is 6.90. The number of thiol groups is 1. The van der Waals surface area contributed by atoms with Crippen LogP contribution in [-0.4, -0.2) is 9.78 Å². The first-order valence-electron chi connectivity index (χ1n) is 3.75. The Morgan fingerprint density at radius 1 is 1.50 bits per heavy atom. The van der Waals surface area contributed by atoms with Crippen LogP contribution >= 0.6 is 12.6 Å². The Morgan fingerprint density at radius 3 is 2.83 bits per heavy atom. The number of allylic oxidation sites excluding steroid dienone is 2. The first-order chi connectivity index (χ1) is 5.77. The number of hydrogen-bond donors (Lipinski definition) is 1. The third-order valence-corrected chi connectivity index (χ3v) is 1.84. The van der Waals surface area contributed by atoms with Crippen LogP contribution in [0, 0.1) is 0 Å². The van der Waals surface area contributed by atoms with Gasteiger partial charge in [-0.2, -0.15) is 5.10 Å². The van der Waals surface area contributed by atoms with E-state index < -0.39 is 0 Å². The van der Waals surface area contributed by atoms with Crippen molar-refractivity contribution in [2.24, 2.45) is 0 Å². The summed E-state index contributed by atoms with van der Waals surface area (Å²) in [7, 11) is 0. The molecule has 0 unspecified atom stereocenters. The zero-order chi connectivity index (χ0) is 8.97. The van der Waals surface area contributed by atoms with Crippen molar-refractivity contribution in [3.63, 3.8) is 0 Å². The van der Waals surface area contributed by atoms with E-state index in [-0.39, 0.29) is 0 Å². The second-order valence-electron chi connectivity index (χ2n) is 2.46. The van der Waals surface area contributed by atoms with E-state index in [1.807, 2.05) is 17.0 Å². The highest BCUT2D eigenvalue weighted by Gasteiger charge is 2.01. The van der Waals surface area contributed by atoms with Crippen LogP contribution < -0.4 is 0 Å². The van der Waals surface area contributed by atoms with E-state index in [4.69, 9.17) is 0 Å². The van der Waals surface area contributed by atoms with Crippen molar-refractivity contribution in [3.8, 4) is 0 Å². The van der Waals surface area contributed by atoms with E-state index in [9.17, 15) is 0 Å². The van der Waals surface area contributed by atoms with Gasteiger partial charge in [-0.15, -0.1) is 25.8 Å². The Hall–Kier alpha value is -0.960. The predicted octanol–water partition coefficient (Wildman–Crippen LogP) is 2.09. The van der Waals surface area contributed by atoms with Crippen molar-refractivity contribution < 1.29 is 0 Å². The highest BCUT2D eigenvalue weighted by molar-refractivity contribution is 7.80. The maximum absolute atomic E-state index is 4.29. The number of hydrogen-bond acceptors (Lipinski definition) is 2. The lowest BCUT2D eigenvalue weighted by Gasteiger charge is -1.92. The molecular formula is C9H12N2S. The molecule has 0 saturated heterocycles. The van der Waals surface area contributed by atoms with Gasteiger partial charge >= 0.3 is 0 Å². The molecule has 0 atom stereocenters. The molecule has 0 bridgehead atoms. The summed E-state index contributed by atoms with van der Waals surface area (Å²) in [6.45, 7) is 8.01. The van der Waals surface area contributed by atoms with Gasteiger partial charge in [0.15, 0.2) is 0 Å². The molecule has 0 radical (unpaired) electrons. The minimum Gasteiger partial charge on any atom is -0.268 e. The van der Waals surface area contributed by atoms with Gasteiger partial charge in [0.05, 0.1) is 12.2 Å². The summed E-state index contributed by atoms with van der Waals surface area (Å²) in [5.41, 5.74) is 0.968. The number of aromatic nitrogens is 2. The van der Waals surface area contributed by atoms with Gasteiger partial charge in [0.2, 0.25) is 0 Å². The average molecular weight is 180 g/mol. The average Bonchev–Trinajstić information content (AvgIpc) is 2.34. The third kappa shape index (κ3) is 2.01. The van der Waals surface area contributed by atoms with Crippen molar-refractivity contribution in [2.45, 2.75) is 17.9 Å². The van der Waals surface area contributed by atoms with Gasteiger partial charge in [-0.1, -0.05) is 12.2 Å². The van der Waals surface area contributed by atoms with Crippen LogP contribution in [0.3, 0.4) is 0 Å². The van der Waals surface area contributed by atoms with Gasteiger partial charge in [0.1, 0.15) is 0 Å². The summed E-state index contributed by atoms with van der Waals surface area (Å²) in [6.07, 6.45) is 6.28. The maximum atomic E-state index is 4.29. The zero-order valence-corrected chi connectivity index (χ0v) is 7.80. The minimum absolute atomic E-state index is 0.727. The van der Waals surface area contributed by atoms with Crippen LogP contribution in [0.1, 0.15) is 5.69 Å². The van der Waals surface area contributed by atoms with Crippen LogP contribution in [0.2, 0.25) is 0 Å². The summed E-state index contributed by atoms with van der Waals surface area (Å²) in [5, 5.41) is 4.29. The van der Waals surface area contributed by atoms with Crippen LogP contribution in [0.15, 0.2) is 36.4 Å². The Balaban J connectivity index is 2.83. The fourth-order valence-electron chi connectivity index (χ4n) is 0.959. The van der Waals surface area contributed by atoms with E-state index in [1.54, 1.807) is 6.08 Å². The third-order valence-electron chi connectivity index (χ3n) is 1.47. The second kappa shape index (κ2) is 4.16. The topological polar surface area (TPSA) is 17.8 Å². The molecule has 64 valence electrons. The lowest BCUT2D eigenvalue weighted by atomic mass is 10.3. The van der Waals surface area contributed by atoms with Gasteiger partial charge in [-0.25, -0.2) is 0 Å². The first kappa shape index (κ1) is 9.13. The SMILES string of the molecule is C=CCc1nn(CC=C)cc1S. The molecule has 2 nitrogen and oxygen atoms in total. The molecule has 3 heteroatoms. The summed E-state index contributed by atoms with van der Waals surface area (Å²) in [6, 6.07) is 0. The number of nitrogens with zero attached hydrogens (tertiary/aromatic N) is 2. The Bertz CT molecular complexity index is 289. The first-order valence-corrected chi connectivity index (χ1v) is 4.19. The molecule has 0 aliphatic carbocycles. The molecule has 0 aliphatic rings. The van der Waals surface area contributed by atoms with Gasteiger partial charge < -0.3 is 0 Å². The van der Waals surface area contributed by atoms with Crippen molar-refractivity contribution in [2.75, 3.05) is 0 Å². The molecule has 1 aromatic heterocycles. The van der Waals surface area contributed by atoms with Crippen LogP contribution in [0.5, 0.6) is 0 Å². The predicted molar refractivity (Wildman–Crippen MR) is 53.6 cm³/mol. The highest BCUT2D eigenvalue weighted by Crippen LogP contribution is 2.12. The monoisotopic (exact) mass is 180 g/mol. The Kier molecular flexibility index (Phi) is 3.17. The fourth-order valence-corrected chi connectivity index (χ4v) is 1.23. The van der Waals surface area contributed by atoms with Crippen molar-refractivity contribution in [1.82, 2.24) is 9.78 Å². The molecule has 1 aromatic rings. The quantitative estimate of drug-likeness (QED) is 0.555. The molecule has 0 N–H and O–H groups in total. The second-order valence-corrected chi connectivity index (χ2v) is 2.95. The molecular weight excluding hydrogens is 168 g/mol. The molecule has 0 spiro atoms. The van der Waals surface area contributed by atoms with Crippen molar-refractivity contribution in [1.29, 1.82) is 0 Å². The van der Waals surface area contributed by atoms with Crippen molar-refractivity contribution >= 4 is 12.6 Å². The van der Waals surface area contributed by atoms with E-state index in [1.165, 1.54) is 0 Å². The van der Waals surface area contributed by atoms with E-state index >= 15 is 0 Å². The Morgan fingerprint density at radius 2 is 2.25 bits per heavy atom. The van der Waals surface area contributed by atoms with E-state index in [0.717, 1.165) is 23.6 Å². The van der Waals surface area contributed by atoms with Gasteiger partial charge in [-0.3, -0.25) is 4.68 Å². The van der Waals surface area contributed by atoms with Crippen LogP contribution in [-0.2, 0) is 13.0 Å². The highest BCUT2D eigenvalue weighted by atomic mass is 32.1. The fraction of sp³-hybridized carbons (Fsp3) is 0.222. The largest absolute Gasteiger partial charge is 0.268 e. The summed E-state index contributed by atoms with van der Waals surface area (Å²) < 4.78 is 1.81. The van der Waals surface area contributed by atoms with Crippen molar-refractivity contribution in [3.05, 3.63) is 37.2 Å². The summed E-state index contributed by atoms with van der Waals surface area (Å²) in [4.78, 5) is 0.914. The van der Waals surface area contributed by atoms with Crippen LogP contribution in [0.4, 0.5) is 0 Å². The lowest BCUT2D eigenvalue weighted by molar-refractivity contribution is 0.691. The lowest BCUT2D eigenvalue weighted by Crippen LogP contribution is -1.95. The molecule has 1 heterocycles. The molecule has 0 aliphatic heterocycles.